The fourth-order valence-electron chi connectivity index (χ4n) is 1.58. The van der Waals surface area contributed by atoms with Gasteiger partial charge < -0.3 is 20.1 Å². The van der Waals surface area contributed by atoms with Crippen LogP contribution in [0.5, 0.6) is 6.01 Å². The van der Waals surface area contributed by atoms with Crippen LogP contribution in [-0.2, 0) is 0 Å². The molecule has 0 radical (unpaired) electrons. The molecule has 0 bridgehead atoms. The van der Waals surface area contributed by atoms with Crippen molar-refractivity contribution in [2.45, 2.75) is 33.6 Å². The maximum atomic E-state index is 9.09. The molecule has 1 aromatic rings. The monoisotopic (exact) mass is 283 g/mol. The number of aliphatic hydroxyl groups is 1. The Kier molecular flexibility index (Phi) is 7.64. The van der Waals surface area contributed by atoms with Crippen LogP contribution in [0.2, 0.25) is 0 Å². The standard InChI is InChI=1S/C13H25N5O2/c1-4-7-14-11-15-12(18(6-3)8-9-19)17-13(16-11)20-10-5-2/h19H,4-10H2,1-3H3,(H,14,15,16,17). The summed E-state index contributed by atoms with van der Waals surface area (Å²) in [4.78, 5) is 14.8. The quantitative estimate of drug-likeness (QED) is 0.669. The SMILES string of the molecule is CCCNc1nc(OCCC)nc(N(CC)CCO)n1. The number of nitrogens with one attached hydrogen (secondary N) is 1. The highest BCUT2D eigenvalue weighted by molar-refractivity contribution is 5.38. The van der Waals surface area contributed by atoms with Crippen molar-refractivity contribution < 1.29 is 9.84 Å². The molecule has 0 fully saturated rings. The Morgan fingerprint density at radius 3 is 2.55 bits per heavy atom. The molecular weight excluding hydrogens is 258 g/mol. The summed E-state index contributed by atoms with van der Waals surface area (Å²) in [6.07, 6.45) is 1.88. The smallest absolute Gasteiger partial charge is 0.323 e. The van der Waals surface area contributed by atoms with E-state index in [2.05, 4.69) is 27.2 Å². The van der Waals surface area contributed by atoms with Gasteiger partial charge in [-0.15, -0.1) is 0 Å². The second kappa shape index (κ2) is 9.30. The summed E-state index contributed by atoms with van der Waals surface area (Å²) in [5, 5.41) is 12.2. The Labute approximate surface area is 120 Å². The zero-order valence-corrected chi connectivity index (χ0v) is 12.6. The lowest BCUT2D eigenvalue weighted by Crippen LogP contribution is -2.28. The van der Waals surface area contributed by atoms with Crippen LogP contribution >= 0.6 is 0 Å². The maximum Gasteiger partial charge on any atom is 0.323 e. The highest BCUT2D eigenvalue weighted by Gasteiger charge is 2.12. The highest BCUT2D eigenvalue weighted by atomic mass is 16.5. The molecule has 0 spiro atoms. The fourth-order valence-corrected chi connectivity index (χ4v) is 1.58. The predicted octanol–water partition coefficient (Wildman–Crippen LogP) is 1.30. The number of hydrogen-bond acceptors (Lipinski definition) is 7. The molecule has 1 aromatic heterocycles. The first-order valence-corrected chi connectivity index (χ1v) is 7.23. The van der Waals surface area contributed by atoms with Crippen molar-refractivity contribution in [1.29, 1.82) is 0 Å². The number of ether oxygens (including phenoxy) is 1. The molecule has 1 rings (SSSR count). The molecular formula is C13H25N5O2. The second-order valence-corrected chi connectivity index (χ2v) is 4.32. The van der Waals surface area contributed by atoms with Gasteiger partial charge in [0.05, 0.1) is 13.2 Å². The van der Waals surface area contributed by atoms with Crippen LogP contribution in [-0.4, -0.2) is 52.9 Å². The highest BCUT2D eigenvalue weighted by Crippen LogP contribution is 2.15. The first kappa shape index (κ1) is 16.4. The van der Waals surface area contributed by atoms with Crippen molar-refractivity contribution in [3.05, 3.63) is 0 Å². The Hall–Kier alpha value is -1.63. The van der Waals surface area contributed by atoms with Gasteiger partial charge in [-0.3, -0.25) is 0 Å². The Morgan fingerprint density at radius 2 is 1.95 bits per heavy atom. The van der Waals surface area contributed by atoms with Crippen molar-refractivity contribution in [1.82, 2.24) is 15.0 Å². The van der Waals surface area contributed by atoms with Gasteiger partial charge >= 0.3 is 6.01 Å². The lowest BCUT2D eigenvalue weighted by atomic mass is 10.5. The average molecular weight is 283 g/mol. The van der Waals surface area contributed by atoms with E-state index in [9.17, 15) is 0 Å². The van der Waals surface area contributed by atoms with Crippen LogP contribution in [0.4, 0.5) is 11.9 Å². The molecule has 0 saturated heterocycles. The van der Waals surface area contributed by atoms with Crippen LogP contribution in [0.3, 0.4) is 0 Å². The van der Waals surface area contributed by atoms with Crippen molar-refractivity contribution in [3.8, 4) is 6.01 Å². The molecule has 7 nitrogen and oxygen atoms in total. The van der Waals surface area contributed by atoms with Crippen molar-refractivity contribution in [3.63, 3.8) is 0 Å². The molecule has 7 heteroatoms. The number of likely N-dealkylation sites (N-methyl/N-ethyl adjacent to an activating group) is 1. The molecule has 2 N–H and O–H groups in total. The Balaban J connectivity index is 2.94. The van der Waals surface area contributed by atoms with E-state index in [0.717, 1.165) is 19.4 Å². The summed E-state index contributed by atoms with van der Waals surface area (Å²) in [5.41, 5.74) is 0. The van der Waals surface area contributed by atoms with E-state index in [0.29, 0.717) is 37.6 Å². The summed E-state index contributed by atoms with van der Waals surface area (Å²) in [7, 11) is 0. The number of aliphatic hydroxyl groups excluding tert-OH is 1. The van der Waals surface area contributed by atoms with Crippen molar-refractivity contribution in [2.75, 3.05) is 43.1 Å². The molecule has 20 heavy (non-hydrogen) atoms. The minimum absolute atomic E-state index is 0.0579. The number of hydrogen-bond donors (Lipinski definition) is 2. The van der Waals surface area contributed by atoms with Crippen LogP contribution in [0.25, 0.3) is 0 Å². The van der Waals surface area contributed by atoms with E-state index in [-0.39, 0.29) is 6.61 Å². The fraction of sp³-hybridized carbons (Fsp3) is 0.769. The first-order valence-electron chi connectivity index (χ1n) is 7.23. The number of nitrogens with zero attached hydrogens (tertiary/aromatic N) is 4. The van der Waals surface area contributed by atoms with E-state index in [1.807, 2.05) is 18.7 Å². The van der Waals surface area contributed by atoms with E-state index < -0.39 is 0 Å². The largest absolute Gasteiger partial charge is 0.463 e. The molecule has 0 amide bonds. The average Bonchev–Trinajstić information content (AvgIpc) is 2.48. The van der Waals surface area contributed by atoms with Gasteiger partial charge in [0.2, 0.25) is 11.9 Å². The maximum absolute atomic E-state index is 9.09. The van der Waals surface area contributed by atoms with Gasteiger partial charge in [0.15, 0.2) is 0 Å². The van der Waals surface area contributed by atoms with Gasteiger partial charge in [0.1, 0.15) is 0 Å². The van der Waals surface area contributed by atoms with Crippen molar-refractivity contribution in [2.24, 2.45) is 0 Å². The third-order valence-corrected chi connectivity index (χ3v) is 2.61. The predicted molar refractivity (Wildman–Crippen MR) is 79.4 cm³/mol. The minimum atomic E-state index is 0.0579. The van der Waals surface area contributed by atoms with E-state index in [1.54, 1.807) is 0 Å². The summed E-state index contributed by atoms with van der Waals surface area (Å²) < 4.78 is 5.50. The van der Waals surface area contributed by atoms with Gasteiger partial charge in [0, 0.05) is 19.6 Å². The molecule has 0 unspecified atom stereocenters. The number of anilines is 2. The topological polar surface area (TPSA) is 83.4 Å². The Morgan fingerprint density at radius 1 is 1.15 bits per heavy atom. The zero-order chi connectivity index (χ0) is 14.8. The molecule has 1 heterocycles. The van der Waals surface area contributed by atoms with Crippen LogP contribution in [0, 0.1) is 0 Å². The summed E-state index contributed by atoms with van der Waals surface area (Å²) in [6, 6.07) is 0.326. The van der Waals surface area contributed by atoms with E-state index in [4.69, 9.17) is 9.84 Å². The van der Waals surface area contributed by atoms with Crippen molar-refractivity contribution >= 4 is 11.9 Å². The molecule has 0 aromatic carbocycles. The normalized spacial score (nSPS) is 10.4. The van der Waals surface area contributed by atoms with E-state index >= 15 is 0 Å². The molecule has 0 aliphatic carbocycles. The molecule has 0 atom stereocenters. The van der Waals surface area contributed by atoms with Crippen LogP contribution < -0.4 is 15.0 Å². The third-order valence-electron chi connectivity index (χ3n) is 2.61. The molecule has 0 aliphatic rings. The molecule has 0 aliphatic heterocycles. The number of aromatic nitrogens is 3. The first-order chi connectivity index (χ1) is 9.74. The summed E-state index contributed by atoms with van der Waals surface area (Å²) >= 11 is 0. The van der Waals surface area contributed by atoms with Crippen LogP contribution in [0.15, 0.2) is 0 Å². The summed E-state index contributed by atoms with van der Waals surface area (Å²) in [6.45, 7) is 8.72. The molecule has 0 saturated carbocycles. The summed E-state index contributed by atoms with van der Waals surface area (Å²) in [5.74, 6) is 1.04. The Bertz CT molecular complexity index is 363. The lowest BCUT2D eigenvalue weighted by molar-refractivity contribution is 0.289. The number of rotatable bonds is 10. The van der Waals surface area contributed by atoms with Gasteiger partial charge in [0.25, 0.3) is 0 Å². The van der Waals surface area contributed by atoms with E-state index in [1.165, 1.54) is 0 Å². The minimum Gasteiger partial charge on any atom is -0.463 e. The zero-order valence-electron chi connectivity index (χ0n) is 12.6. The molecule has 114 valence electrons. The second-order valence-electron chi connectivity index (χ2n) is 4.32. The van der Waals surface area contributed by atoms with Gasteiger partial charge in [-0.1, -0.05) is 13.8 Å². The lowest BCUT2D eigenvalue weighted by Gasteiger charge is -2.20. The van der Waals surface area contributed by atoms with Gasteiger partial charge in [-0.05, 0) is 19.8 Å². The third kappa shape index (κ3) is 5.16. The van der Waals surface area contributed by atoms with Crippen LogP contribution in [0.1, 0.15) is 33.6 Å². The van der Waals surface area contributed by atoms with Gasteiger partial charge in [-0.2, -0.15) is 15.0 Å². The van der Waals surface area contributed by atoms with Gasteiger partial charge in [-0.25, -0.2) is 0 Å².